The van der Waals surface area contributed by atoms with Crippen LogP contribution in [0.2, 0.25) is 0 Å². The Kier molecular flexibility index (Phi) is 3.57. The zero-order chi connectivity index (χ0) is 13.1. The molecule has 1 aromatic carbocycles. The molecular formula is C12H9FO4S. The first-order valence-electron chi connectivity index (χ1n) is 5.01. The third-order valence-electron chi connectivity index (χ3n) is 2.25. The fraction of sp³-hybridized carbons (Fsp3) is 0.0833. The molecule has 94 valence electrons. The molecule has 4 nitrogen and oxygen atoms in total. The first-order valence-corrected chi connectivity index (χ1v) is 6.33. The minimum atomic E-state index is -1.40. The van der Waals surface area contributed by atoms with E-state index in [1.165, 1.54) is 30.3 Å². The summed E-state index contributed by atoms with van der Waals surface area (Å²) in [7, 11) is -1.40. The number of carboxylic acids is 1. The van der Waals surface area contributed by atoms with Gasteiger partial charge in [0.1, 0.15) is 17.8 Å². The number of hydrogen-bond donors (Lipinski definition) is 1. The average Bonchev–Trinajstić information content (AvgIpc) is 2.78. The molecule has 0 aliphatic heterocycles. The van der Waals surface area contributed by atoms with Crippen LogP contribution >= 0.6 is 0 Å². The summed E-state index contributed by atoms with van der Waals surface area (Å²) >= 11 is 0. The van der Waals surface area contributed by atoms with Crippen molar-refractivity contribution >= 4 is 16.8 Å². The summed E-state index contributed by atoms with van der Waals surface area (Å²) in [6, 6.07) is 6.61. The lowest BCUT2D eigenvalue weighted by atomic mass is 10.3. The minimum Gasteiger partial charge on any atom is -0.478 e. The molecule has 0 spiro atoms. The van der Waals surface area contributed by atoms with Crippen molar-refractivity contribution in [3.63, 3.8) is 0 Å². The minimum absolute atomic E-state index is 0.0149. The number of carboxylic acid groups (broad SMARTS) is 1. The normalized spacial score (nSPS) is 12.3. The average molecular weight is 268 g/mol. The first-order chi connectivity index (χ1) is 8.56. The van der Waals surface area contributed by atoms with E-state index in [-0.39, 0.29) is 11.3 Å². The zero-order valence-corrected chi connectivity index (χ0v) is 9.95. The Morgan fingerprint density at radius 3 is 2.56 bits per heavy atom. The molecule has 1 aromatic heterocycles. The van der Waals surface area contributed by atoms with E-state index in [1.807, 2.05) is 0 Å². The van der Waals surface area contributed by atoms with Gasteiger partial charge >= 0.3 is 5.97 Å². The monoisotopic (exact) mass is 268 g/mol. The predicted molar refractivity (Wildman–Crippen MR) is 62.2 cm³/mol. The van der Waals surface area contributed by atoms with Crippen LogP contribution in [0.25, 0.3) is 0 Å². The maximum Gasteiger partial charge on any atom is 0.338 e. The van der Waals surface area contributed by atoms with Crippen molar-refractivity contribution in [2.24, 2.45) is 0 Å². The number of hydrogen-bond acceptors (Lipinski definition) is 3. The van der Waals surface area contributed by atoms with Gasteiger partial charge in [-0.3, -0.25) is 4.21 Å². The lowest BCUT2D eigenvalue weighted by Crippen LogP contribution is -1.96. The van der Waals surface area contributed by atoms with Crippen LogP contribution in [0.15, 0.2) is 45.9 Å². The number of aromatic carboxylic acids is 1. The second-order valence-corrected chi connectivity index (χ2v) is 5.00. The van der Waals surface area contributed by atoms with Gasteiger partial charge in [-0.25, -0.2) is 9.18 Å². The molecule has 0 aliphatic rings. The predicted octanol–water partition coefficient (Wildman–Crippen LogP) is 2.42. The Morgan fingerprint density at radius 2 is 2.00 bits per heavy atom. The highest BCUT2D eigenvalue weighted by molar-refractivity contribution is 7.84. The number of rotatable bonds is 4. The molecule has 6 heteroatoms. The van der Waals surface area contributed by atoms with E-state index in [4.69, 9.17) is 9.52 Å². The zero-order valence-electron chi connectivity index (χ0n) is 9.13. The Labute approximate surface area is 105 Å². The summed E-state index contributed by atoms with van der Waals surface area (Å²) in [6.45, 7) is 0. The third-order valence-corrected chi connectivity index (χ3v) is 3.60. The second kappa shape index (κ2) is 5.14. The van der Waals surface area contributed by atoms with Crippen molar-refractivity contribution in [2.45, 2.75) is 10.6 Å². The quantitative estimate of drug-likeness (QED) is 0.924. The molecule has 2 aromatic rings. The standard InChI is InChI=1S/C12H9FO4S/c13-9-1-3-11(4-2-9)18(16)7-10-5-8(6-17-10)12(14)15/h1-6H,7H2,(H,14,15). The summed E-state index contributed by atoms with van der Waals surface area (Å²) < 4.78 is 29.6. The van der Waals surface area contributed by atoms with E-state index in [2.05, 4.69) is 0 Å². The highest BCUT2D eigenvalue weighted by Crippen LogP contribution is 2.15. The summed E-state index contributed by atoms with van der Waals surface area (Å²) in [6.07, 6.45) is 1.10. The Morgan fingerprint density at radius 1 is 1.33 bits per heavy atom. The van der Waals surface area contributed by atoms with Crippen molar-refractivity contribution in [1.29, 1.82) is 0 Å². The van der Waals surface area contributed by atoms with Crippen LogP contribution in [0.3, 0.4) is 0 Å². The molecule has 1 unspecified atom stereocenters. The fourth-order valence-electron chi connectivity index (χ4n) is 1.37. The maximum atomic E-state index is 12.7. The topological polar surface area (TPSA) is 67.5 Å². The molecule has 0 radical (unpaired) electrons. The summed E-state index contributed by atoms with van der Waals surface area (Å²) in [5.74, 6) is -1.13. The van der Waals surface area contributed by atoms with Gasteiger partial charge in [-0.1, -0.05) is 0 Å². The van der Waals surface area contributed by atoms with Crippen LogP contribution in [-0.2, 0) is 16.6 Å². The fourth-order valence-corrected chi connectivity index (χ4v) is 2.38. The Hall–Kier alpha value is -1.95. The van der Waals surface area contributed by atoms with Gasteiger partial charge in [-0.05, 0) is 30.3 Å². The number of furan rings is 1. The molecule has 0 saturated heterocycles. The summed E-state index contributed by atoms with van der Waals surface area (Å²) in [4.78, 5) is 11.1. The molecule has 0 amide bonds. The van der Waals surface area contributed by atoms with Crippen LogP contribution in [0.1, 0.15) is 16.1 Å². The van der Waals surface area contributed by atoms with Gasteiger partial charge in [0, 0.05) is 4.90 Å². The van der Waals surface area contributed by atoms with Crippen LogP contribution < -0.4 is 0 Å². The van der Waals surface area contributed by atoms with E-state index in [0.29, 0.717) is 10.7 Å². The highest BCUT2D eigenvalue weighted by atomic mass is 32.2. The maximum absolute atomic E-state index is 12.7. The van der Waals surface area contributed by atoms with Crippen molar-refractivity contribution in [3.05, 3.63) is 53.7 Å². The van der Waals surface area contributed by atoms with E-state index in [1.54, 1.807) is 0 Å². The van der Waals surface area contributed by atoms with Crippen LogP contribution in [0, 0.1) is 5.82 Å². The van der Waals surface area contributed by atoms with Gasteiger partial charge in [-0.2, -0.15) is 0 Å². The highest BCUT2D eigenvalue weighted by Gasteiger charge is 2.12. The smallest absolute Gasteiger partial charge is 0.338 e. The van der Waals surface area contributed by atoms with Crippen molar-refractivity contribution < 1.29 is 22.9 Å². The van der Waals surface area contributed by atoms with Crippen molar-refractivity contribution in [3.8, 4) is 0 Å². The molecule has 1 atom stereocenters. The number of benzene rings is 1. The van der Waals surface area contributed by atoms with E-state index < -0.39 is 22.6 Å². The number of halogens is 1. The first kappa shape index (κ1) is 12.5. The van der Waals surface area contributed by atoms with Crippen LogP contribution in [0.5, 0.6) is 0 Å². The van der Waals surface area contributed by atoms with E-state index in [9.17, 15) is 13.4 Å². The number of carbonyl (C=O) groups is 1. The Bertz CT molecular complexity index is 588. The molecule has 2 rings (SSSR count). The van der Waals surface area contributed by atoms with Gasteiger partial charge in [-0.15, -0.1) is 0 Å². The molecule has 0 bridgehead atoms. The van der Waals surface area contributed by atoms with Crippen LogP contribution in [0.4, 0.5) is 4.39 Å². The molecular weight excluding hydrogens is 259 g/mol. The lowest BCUT2D eigenvalue weighted by Gasteiger charge is -1.99. The van der Waals surface area contributed by atoms with Crippen LogP contribution in [-0.4, -0.2) is 15.3 Å². The van der Waals surface area contributed by atoms with Crippen molar-refractivity contribution in [2.75, 3.05) is 0 Å². The van der Waals surface area contributed by atoms with Gasteiger partial charge in [0.2, 0.25) is 0 Å². The molecule has 1 heterocycles. The molecule has 18 heavy (non-hydrogen) atoms. The largest absolute Gasteiger partial charge is 0.478 e. The van der Waals surface area contributed by atoms with Gasteiger partial charge < -0.3 is 9.52 Å². The summed E-state index contributed by atoms with van der Waals surface area (Å²) in [5, 5.41) is 8.70. The van der Waals surface area contributed by atoms with E-state index >= 15 is 0 Å². The van der Waals surface area contributed by atoms with Gasteiger partial charge in [0.15, 0.2) is 0 Å². The van der Waals surface area contributed by atoms with E-state index in [0.717, 1.165) is 6.26 Å². The van der Waals surface area contributed by atoms with Crippen molar-refractivity contribution in [1.82, 2.24) is 0 Å². The molecule has 0 fully saturated rings. The molecule has 0 saturated carbocycles. The lowest BCUT2D eigenvalue weighted by molar-refractivity contribution is 0.0696. The van der Waals surface area contributed by atoms with Gasteiger partial charge in [0.25, 0.3) is 0 Å². The van der Waals surface area contributed by atoms with Gasteiger partial charge in [0.05, 0.1) is 22.1 Å². The SMILES string of the molecule is O=C(O)c1coc(CS(=O)c2ccc(F)cc2)c1. The third kappa shape index (κ3) is 2.84. The molecule has 0 aliphatic carbocycles. The molecule has 1 N–H and O–H groups in total. The second-order valence-electron chi connectivity index (χ2n) is 3.55. The Balaban J connectivity index is 2.11. The summed E-state index contributed by atoms with van der Waals surface area (Å²) in [5.41, 5.74) is 0.0149.